The average Bonchev–Trinajstić information content (AvgIpc) is 1.94. The van der Waals surface area contributed by atoms with Crippen molar-refractivity contribution >= 4 is 12.4 Å². The van der Waals surface area contributed by atoms with Crippen LogP contribution in [0.25, 0.3) is 0 Å². The summed E-state index contributed by atoms with van der Waals surface area (Å²) in [6, 6.07) is 0. The van der Waals surface area contributed by atoms with Crippen LogP contribution in [-0.2, 0) is 0 Å². The summed E-state index contributed by atoms with van der Waals surface area (Å²) < 4.78 is 12.4. The molecular weight excluding hydrogens is 141 g/mol. The van der Waals surface area contributed by atoms with Crippen LogP contribution in [-0.4, -0.2) is 19.3 Å². The Balaban J connectivity index is 0.000000640. The summed E-state index contributed by atoms with van der Waals surface area (Å²) >= 11 is 0. The second kappa shape index (κ2) is 5.00. The van der Waals surface area contributed by atoms with E-state index in [0.29, 0.717) is 6.42 Å². The molecule has 1 rings (SSSR count). The largest absolute Gasteiger partial charge is 0.317 e. The lowest BCUT2D eigenvalue weighted by Gasteiger charge is -1.98. The number of hydrogen-bond donors (Lipinski definition) is 1. The van der Waals surface area contributed by atoms with Crippen molar-refractivity contribution < 1.29 is 4.39 Å². The normalized spacial score (nSPS) is 28.3. The lowest BCUT2D eigenvalue weighted by atomic mass is 10.2. The summed E-state index contributed by atoms with van der Waals surface area (Å²) in [5.74, 6) is 0. The van der Waals surface area contributed by atoms with Crippen molar-refractivity contribution in [3.63, 3.8) is 0 Å². The van der Waals surface area contributed by atoms with Crippen LogP contribution in [0, 0.1) is 0 Å². The molecule has 0 spiro atoms. The van der Waals surface area contributed by atoms with Crippen LogP contribution >= 0.6 is 12.4 Å². The standard InChI is InChI=1S/C6H12FN.ClH/c7-6-2-1-4-8-5-3-6;/h6,8H,1-5H2;1H/t6-;/m0./s1. The Labute approximate surface area is 61.4 Å². The molecule has 1 heterocycles. The molecule has 0 radical (unpaired) electrons. The van der Waals surface area contributed by atoms with E-state index in [1.165, 1.54) is 0 Å². The van der Waals surface area contributed by atoms with Crippen LogP contribution in [0.15, 0.2) is 0 Å². The van der Waals surface area contributed by atoms with Crippen molar-refractivity contribution in [2.75, 3.05) is 13.1 Å². The molecule has 1 saturated heterocycles. The first kappa shape index (κ1) is 9.18. The van der Waals surface area contributed by atoms with Gasteiger partial charge in [0.15, 0.2) is 0 Å². The average molecular weight is 154 g/mol. The smallest absolute Gasteiger partial charge is 0.101 e. The number of hydrogen-bond acceptors (Lipinski definition) is 1. The first-order chi connectivity index (χ1) is 3.89. The zero-order chi connectivity index (χ0) is 5.82. The lowest BCUT2D eigenvalue weighted by Crippen LogP contribution is -2.14. The third kappa shape index (κ3) is 3.71. The van der Waals surface area contributed by atoms with Crippen molar-refractivity contribution in [2.24, 2.45) is 0 Å². The Morgan fingerprint density at radius 3 is 2.78 bits per heavy atom. The monoisotopic (exact) mass is 153 g/mol. The Morgan fingerprint density at radius 1 is 1.22 bits per heavy atom. The van der Waals surface area contributed by atoms with Crippen molar-refractivity contribution in [1.29, 1.82) is 0 Å². The van der Waals surface area contributed by atoms with Crippen LogP contribution in [0.1, 0.15) is 19.3 Å². The van der Waals surface area contributed by atoms with Gasteiger partial charge in [-0.1, -0.05) is 0 Å². The molecule has 1 aliphatic rings. The topological polar surface area (TPSA) is 12.0 Å². The minimum Gasteiger partial charge on any atom is -0.317 e. The summed E-state index contributed by atoms with van der Waals surface area (Å²) in [4.78, 5) is 0. The van der Waals surface area contributed by atoms with E-state index in [-0.39, 0.29) is 12.4 Å². The van der Waals surface area contributed by atoms with E-state index in [2.05, 4.69) is 5.32 Å². The molecule has 1 fully saturated rings. The molecule has 1 aliphatic heterocycles. The quantitative estimate of drug-likeness (QED) is 0.557. The fourth-order valence-electron chi connectivity index (χ4n) is 0.977. The molecule has 56 valence electrons. The van der Waals surface area contributed by atoms with Gasteiger partial charge >= 0.3 is 0 Å². The summed E-state index contributed by atoms with van der Waals surface area (Å²) in [5.41, 5.74) is 0. The van der Waals surface area contributed by atoms with E-state index < -0.39 is 6.17 Å². The first-order valence-electron chi connectivity index (χ1n) is 3.24. The fraction of sp³-hybridized carbons (Fsp3) is 1.00. The molecule has 0 amide bonds. The Kier molecular flexibility index (Phi) is 5.10. The van der Waals surface area contributed by atoms with Crippen molar-refractivity contribution in [3.8, 4) is 0 Å². The van der Waals surface area contributed by atoms with Gasteiger partial charge < -0.3 is 5.32 Å². The maximum Gasteiger partial charge on any atom is 0.101 e. The molecule has 1 nitrogen and oxygen atoms in total. The Bertz CT molecular complexity index is 62.1. The second-order valence-electron chi connectivity index (χ2n) is 2.28. The Hall–Kier alpha value is 0.180. The highest BCUT2D eigenvalue weighted by Crippen LogP contribution is 2.07. The lowest BCUT2D eigenvalue weighted by molar-refractivity contribution is 0.307. The number of alkyl halides is 1. The highest BCUT2D eigenvalue weighted by Gasteiger charge is 2.08. The molecule has 0 aromatic carbocycles. The van der Waals surface area contributed by atoms with Crippen LogP contribution in [0.3, 0.4) is 0 Å². The fourth-order valence-corrected chi connectivity index (χ4v) is 0.977. The van der Waals surface area contributed by atoms with Gasteiger partial charge in [0.05, 0.1) is 0 Å². The molecule has 0 saturated carbocycles. The number of rotatable bonds is 0. The van der Waals surface area contributed by atoms with Gasteiger partial charge in [-0.15, -0.1) is 12.4 Å². The first-order valence-corrected chi connectivity index (χ1v) is 3.24. The molecule has 0 bridgehead atoms. The summed E-state index contributed by atoms with van der Waals surface area (Å²) in [5, 5.41) is 3.14. The van der Waals surface area contributed by atoms with Crippen LogP contribution in [0.5, 0.6) is 0 Å². The van der Waals surface area contributed by atoms with E-state index in [0.717, 1.165) is 25.9 Å². The minimum absolute atomic E-state index is 0. The van der Waals surface area contributed by atoms with Crippen LogP contribution in [0.2, 0.25) is 0 Å². The van der Waals surface area contributed by atoms with Gasteiger partial charge in [0.25, 0.3) is 0 Å². The summed E-state index contributed by atoms with van der Waals surface area (Å²) in [7, 11) is 0. The van der Waals surface area contributed by atoms with Crippen molar-refractivity contribution in [1.82, 2.24) is 5.32 Å². The van der Waals surface area contributed by atoms with Gasteiger partial charge in [-0.05, 0) is 32.4 Å². The SMILES string of the molecule is Cl.F[C@H]1CCCNCC1. The zero-order valence-corrected chi connectivity index (χ0v) is 6.22. The highest BCUT2D eigenvalue weighted by molar-refractivity contribution is 5.85. The van der Waals surface area contributed by atoms with E-state index >= 15 is 0 Å². The van der Waals surface area contributed by atoms with Gasteiger partial charge in [-0.3, -0.25) is 0 Å². The van der Waals surface area contributed by atoms with E-state index in [4.69, 9.17) is 0 Å². The summed E-state index contributed by atoms with van der Waals surface area (Å²) in [6.45, 7) is 1.86. The van der Waals surface area contributed by atoms with Gasteiger partial charge in [-0.2, -0.15) is 0 Å². The maximum absolute atomic E-state index is 12.4. The predicted molar refractivity (Wildman–Crippen MR) is 38.9 cm³/mol. The van der Waals surface area contributed by atoms with Crippen LogP contribution < -0.4 is 5.32 Å². The van der Waals surface area contributed by atoms with Crippen molar-refractivity contribution in [2.45, 2.75) is 25.4 Å². The van der Waals surface area contributed by atoms with Gasteiger partial charge in [-0.25, -0.2) is 4.39 Å². The molecule has 3 heteroatoms. The highest BCUT2D eigenvalue weighted by atomic mass is 35.5. The molecule has 1 atom stereocenters. The van der Waals surface area contributed by atoms with Gasteiger partial charge in [0, 0.05) is 0 Å². The van der Waals surface area contributed by atoms with E-state index in [1.54, 1.807) is 0 Å². The molecule has 1 N–H and O–H groups in total. The molecule has 0 aromatic rings. The van der Waals surface area contributed by atoms with Crippen LogP contribution in [0.4, 0.5) is 4.39 Å². The Morgan fingerprint density at radius 2 is 2.00 bits per heavy atom. The molecule has 0 unspecified atom stereocenters. The predicted octanol–water partition coefficient (Wildman–Crippen LogP) is 1.52. The third-order valence-electron chi connectivity index (χ3n) is 1.51. The number of halogens is 2. The minimum atomic E-state index is -0.537. The zero-order valence-electron chi connectivity index (χ0n) is 5.40. The molecule has 0 aliphatic carbocycles. The van der Waals surface area contributed by atoms with Gasteiger partial charge in [0.2, 0.25) is 0 Å². The van der Waals surface area contributed by atoms with Gasteiger partial charge in [0.1, 0.15) is 6.17 Å². The second-order valence-corrected chi connectivity index (χ2v) is 2.28. The molecular formula is C6H13ClFN. The van der Waals surface area contributed by atoms with Crippen molar-refractivity contribution in [3.05, 3.63) is 0 Å². The van der Waals surface area contributed by atoms with E-state index in [1.807, 2.05) is 0 Å². The van der Waals surface area contributed by atoms with E-state index in [9.17, 15) is 4.39 Å². The molecule has 9 heavy (non-hydrogen) atoms. The number of nitrogens with one attached hydrogen (secondary N) is 1. The molecule has 0 aromatic heterocycles. The third-order valence-corrected chi connectivity index (χ3v) is 1.51. The maximum atomic E-state index is 12.4. The summed E-state index contributed by atoms with van der Waals surface area (Å²) in [6.07, 6.45) is 1.93.